The maximum atomic E-state index is 12.5. The standard InChI is InChI=1S/C16H25NO3/c1-9(2-14(18)19)8-17-16(20)15-12-4-10-3-11(6-12)7-13(15)5-10/h9-13,15H,2-8H2,1H3,(H,17,20)(H,18,19). The first kappa shape index (κ1) is 13.9. The van der Waals surface area contributed by atoms with Crippen LogP contribution in [-0.2, 0) is 9.59 Å². The predicted octanol–water partition coefficient (Wildman–Crippen LogP) is 2.29. The molecule has 0 aromatic heterocycles. The summed E-state index contributed by atoms with van der Waals surface area (Å²) in [6.07, 6.45) is 6.51. The molecule has 4 bridgehead atoms. The van der Waals surface area contributed by atoms with Crippen molar-refractivity contribution in [1.82, 2.24) is 5.32 Å². The number of rotatable bonds is 5. The maximum Gasteiger partial charge on any atom is 0.303 e. The second-order valence-corrected chi connectivity index (χ2v) is 7.40. The van der Waals surface area contributed by atoms with E-state index in [1.54, 1.807) is 0 Å². The molecular formula is C16H25NO3. The van der Waals surface area contributed by atoms with Crippen molar-refractivity contribution in [2.75, 3.05) is 6.54 Å². The molecule has 0 spiro atoms. The first-order valence-corrected chi connectivity index (χ1v) is 8.02. The highest BCUT2D eigenvalue weighted by molar-refractivity contribution is 5.79. The molecule has 4 saturated carbocycles. The molecule has 4 nitrogen and oxygen atoms in total. The predicted molar refractivity (Wildman–Crippen MR) is 75.0 cm³/mol. The SMILES string of the molecule is CC(CNC(=O)C1C2CC3CC(C2)CC1C3)CC(=O)O. The molecule has 0 saturated heterocycles. The molecule has 0 aromatic rings. The van der Waals surface area contributed by atoms with Crippen molar-refractivity contribution in [2.24, 2.45) is 35.5 Å². The van der Waals surface area contributed by atoms with Crippen LogP contribution in [0.4, 0.5) is 0 Å². The summed E-state index contributed by atoms with van der Waals surface area (Å²) in [6.45, 7) is 2.37. The molecule has 1 unspecified atom stereocenters. The third-order valence-electron chi connectivity index (χ3n) is 5.68. The monoisotopic (exact) mass is 279 g/mol. The van der Waals surface area contributed by atoms with Gasteiger partial charge in [-0.2, -0.15) is 0 Å². The van der Waals surface area contributed by atoms with Crippen LogP contribution in [0.1, 0.15) is 45.4 Å². The zero-order chi connectivity index (χ0) is 14.3. The van der Waals surface area contributed by atoms with Crippen molar-refractivity contribution < 1.29 is 14.7 Å². The Morgan fingerprint density at radius 2 is 1.65 bits per heavy atom. The molecule has 2 N–H and O–H groups in total. The van der Waals surface area contributed by atoms with Gasteiger partial charge in [-0.3, -0.25) is 9.59 Å². The summed E-state index contributed by atoms with van der Waals surface area (Å²) in [7, 11) is 0. The van der Waals surface area contributed by atoms with Gasteiger partial charge in [0.1, 0.15) is 0 Å². The van der Waals surface area contributed by atoms with Crippen molar-refractivity contribution in [2.45, 2.75) is 45.4 Å². The third kappa shape index (κ3) is 2.70. The number of amides is 1. The van der Waals surface area contributed by atoms with E-state index in [0.29, 0.717) is 18.4 Å². The Bertz CT molecular complexity index is 379. The van der Waals surface area contributed by atoms with Gasteiger partial charge in [0.25, 0.3) is 0 Å². The number of aliphatic carboxylic acids is 1. The van der Waals surface area contributed by atoms with Crippen LogP contribution in [0.2, 0.25) is 0 Å². The minimum atomic E-state index is -0.790. The number of carbonyl (C=O) groups is 2. The molecule has 4 aliphatic rings. The molecule has 112 valence electrons. The van der Waals surface area contributed by atoms with E-state index in [0.717, 1.165) is 11.8 Å². The van der Waals surface area contributed by atoms with Gasteiger partial charge in [0.05, 0.1) is 0 Å². The van der Waals surface area contributed by atoms with Crippen molar-refractivity contribution >= 4 is 11.9 Å². The van der Waals surface area contributed by atoms with Crippen molar-refractivity contribution in [1.29, 1.82) is 0 Å². The number of hydrogen-bond acceptors (Lipinski definition) is 2. The zero-order valence-electron chi connectivity index (χ0n) is 12.2. The van der Waals surface area contributed by atoms with Gasteiger partial charge >= 0.3 is 5.97 Å². The van der Waals surface area contributed by atoms with E-state index in [2.05, 4.69) is 5.32 Å². The van der Waals surface area contributed by atoms with Crippen molar-refractivity contribution in [3.8, 4) is 0 Å². The smallest absolute Gasteiger partial charge is 0.303 e. The summed E-state index contributed by atoms with van der Waals surface area (Å²) < 4.78 is 0. The van der Waals surface area contributed by atoms with Gasteiger partial charge in [-0.05, 0) is 61.7 Å². The van der Waals surface area contributed by atoms with E-state index in [1.165, 1.54) is 32.1 Å². The molecular weight excluding hydrogens is 254 g/mol. The Labute approximate surface area is 120 Å². The molecule has 1 atom stereocenters. The molecule has 1 amide bonds. The van der Waals surface area contributed by atoms with Crippen LogP contribution >= 0.6 is 0 Å². The second-order valence-electron chi connectivity index (χ2n) is 7.40. The third-order valence-corrected chi connectivity index (χ3v) is 5.68. The van der Waals surface area contributed by atoms with Gasteiger partial charge < -0.3 is 10.4 Å². The summed E-state index contributed by atoms with van der Waals surface area (Å²) in [5.41, 5.74) is 0. The summed E-state index contributed by atoms with van der Waals surface area (Å²) in [4.78, 5) is 23.1. The summed E-state index contributed by atoms with van der Waals surface area (Å²) in [5.74, 6) is 2.58. The van der Waals surface area contributed by atoms with Gasteiger partial charge in [-0.1, -0.05) is 6.92 Å². The van der Waals surface area contributed by atoms with Crippen molar-refractivity contribution in [3.63, 3.8) is 0 Å². The maximum absolute atomic E-state index is 12.5. The number of carbonyl (C=O) groups excluding carboxylic acids is 1. The minimum Gasteiger partial charge on any atom is -0.481 e. The van der Waals surface area contributed by atoms with Crippen molar-refractivity contribution in [3.05, 3.63) is 0 Å². The molecule has 4 aliphatic carbocycles. The molecule has 4 heteroatoms. The Balaban J connectivity index is 1.54. The van der Waals surface area contributed by atoms with Gasteiger partial charge in [-0.15, -0.1) is 0 Å². The van der Waals surface area contributed by atoms with Gasteiger partial charge in [-0.25, -0.2) is 0 Å². The molecule has 0 heterocycles. The highest BCUT2D eigenvalue weighted by atomic mass is 16.4. The van der Waals surface area contributed by atoms with E-state index in [9.17, 15) is 9.59 Å². The number of nitrogens with one attached hydrogen (secondary N) is 1. The molecule has 0 radical (unpaired) electrons. The van der Waals surface area contributed by atoms with Crippen LogP contribution in [0.25, 0.3) is 0 Å². The lowest BCUT2D eigenvalue weighted by Crippen LogP contribution is -2.51. The average Bonchev–Trinajstić information content (AvgIpc) is 2.34. The molecule has 0 aliphatic heterocycles. The van der Waals surface area contributed by atoms with E-state index in [1.807, 2.05) is 6.92 Å². The fourth-order valence-electron chi connectivity index (χ4n) is 5.12. The number of carboxylic acid groups (broad SMARTS) is 1. The average molecular weight is 279 g/mol. The fraction of sp³-hybridized carbons (Fsp3) is 0.875. The van der Waals surface area contributed by atoms with E-state index < -0.39 is 5.97 Å². The van der Waals surface area contributed by atoms with Gasteiger partial charge in [0, 0.05) is 18.9 Å². The quantitative estimate of drug-likeness (QED) is 0.811. The highest BCUT2D eigenvalue weighted by Gasteiger charge is 2.50. The molecule has 4 rings (SSSR count). The van der Waals surface area contributed by atoms with Crippen LogP contribution in [0.3, 0.4) is 0 Å². The van der Waals surface area contributed by atoms with Crippen LogP contribution in [-0.4, -0.2) is 23.5 Å². The number of carboxylic acids is 1. The van der Waals surface area contributed by atoms with Crippen LogP contribution in [0, 0.1) is 35.5 Å². The van der Waals surface area contributed by atoms with Crippen LogP contribution in [0.5, 0.6) is 0 Å². The molecule has 0 aromatic carbocycles. The van der Waals surface area contributed by atoms with E-state index in [4.69, 9.17) is 5.11 Å². The Hall–Kier alpha value is -1.06. The summed E-state index contributed by atoms with van der Waals surface area (Å²) >= 11 is 0. The highest BCUT2D eigenvalue weighted by Crippen LogP contribution is 2.56. The van der Waals surface area contributed by atoms with Gasteiger partial charge in [0.2, 0.25) is 5.91 Å². The summed E-state index contributed by atoms with van der Waals surface area (Å²) in [5, 5.41) is 11.8. The summed E-state index contributed by atoms with van der Waals surface area (Å²) in [6, 6.07) is 0. The first-order chi connectivity index (χ1) is 9.52. The lowest BCUT2D eigenvalue weighted by molar-refractivity contribution is -0.140. The van der Waals surface area contributed by atoms with E-state index in [-0.39, 0.29) is 24.2 Å². The number of hydrogen-bond donors (Lipinski definition) is 2. The molecule has 20 heavy (non-hydrogen) atoms. The lowest BCUT2D eigenvalue weighted by atomic mass is 9.51. The van der Waals surface area contributed by atoms with Gasteiger partial charge in [0.15, 0.2) is 0 Å². The topological polar surface area (TPSA) is 66.4 Å². The lowest BCUT2D eigenvalue weighted by Gasteiger charge is -2.53. The Morgan fingerprint density at radius 1 is 1.10 bits per heavy atom. The van der Waals surface area contributed by atoms with Crippen LogP contribution in [0.15, 0.2) is 0 Å². The molecule has 4 fully saturated rings. The largest absolute Gasteiger partial charge is 0.481 e. The minimum absolute atomic E-state index is 0.00767. The Morgan fingerprint density at radius 3 is 2.15 bits per heavy atom. The normalized spacial score (nSPS) is 39.5. The van der Waals surface area contributed by atoms with Crippen LogP contribution < -0.4 is 5.32 Å². The fourth-order valence-corrected chi connectivity index (χ4v) is 5.12. The second kappa shape index (κ2) is 5.38. The Kier molecular flexibility index (Phi) is 3.74. The zero-order valence-corrected chi connectivity index (χ0v) is 12.2. The van der Waals surface area contributed by atoms with E-state index >= 15 is 0 Å². The first-order valence-electron chi connectivity index (χ1n) is 8.02.